The molecule has 114 valence electrons. The van der Waals surface area contributed by atoms with E-state index in [9.17, 15) is 8.42 Å². The summed E-state index contributed by atoms with van der Waals surface area (Å²) >= 11 is 5.91. The fourth-order valence-corrected chi connectivity index (χ4v) is 2.90. The third kappa shape index (κ3) is 4.32. The maximum Gasteiger partial charge on any atom is 0.240 e. The zero-order valence-electron chi connectivity index (χ0n) is 11.6. The Balaban J connectivity index is 2.89. The average molecular weight is 323 g/mol. The first-order valence-electron chi connectivity index (χ1n) is 5.88. The predicted molar refractivity (Wildman–Crippen MR) is 78.5 cm³/mol. The highest BCUT2D eigenvalue weighted by molar-refractivity contribution is 7.89. The lowest BCUT2D eigenvalue weighted by molar-refractivity contribution is 0.0320. The summed E-state index contributed by atoms with van der Waals surface area (Å²) in [5.74, 6) is 0. The third-order valence-electron chi connectivity index (χ3n) is 2.75. The first-order chi connectivity index (χ1) is 9.31. The van der Waals surface area contributed by atoms with E-state index in [-0.39, 0.29) is 23.2 Å². The Morgan fingerprint density at radius 3 is 2.55 bits per heavy atom. The van der Waals surface area contributed by atoms with Gasteiger partial charge < -0.3 is 15.2 Å². The highest BCUT2D eigenvalue weighted by Crippen LogP contribution is 2.26. The molecule has 0 radical (unpaired) electrons. The number of methoxy groups -OCH3 is 2. The number of anilines is 1. The van der Waals surface area contributed by atoms with Crippen molar-refractivity contribution < 1.29 is 17.9 Å². The lowest BCUT2D eigenvalue weighted by Crippen LogP contribution is -2.35. The van der Waals surface area contributed by atoms with Crippen LogP contribution in [0.4, 0.5) is 5.69 Å². The van der Waals surface area contributed by atoms with E-state index in [4.69, 9.17) is 26.8 Å². The lowest BCUT2D eigenvalue weighted by Gasteiger charge is -2.15. The number of ether oxygens (including phenoxy) is 2. The van der Waals surface area contributed by atoms with Gasteiger partial charge in [-0.15, -0.1) is 0 Å². The Bertz CT molecular complexity index is 540. The van der Waals surface area contributed by atoms with Crippen LogP contribution in [0.5, 0.6) is 0 Å². The van der Waals surface area contributed by atoms with Crippen molar-refractivity contribution in [3.8, 4) is 0 Å². The Hall–Kier alpha value is -0.860. The first-order valence-corrected chi connectivity index (χ1v) is 7.75. The van der Waals surface area contributed by atoms with Crippen molar-refractivity contribution in [3.05, 3.63) is 22.7 Å². The molecule has 6 nitrogen and oxygen atoms in total. The molecular formula is C12H19ClN2O4S. The van der Waals surface area contributed by atoms with E-state index < -0.39 is 10.0 Å². The number of hydrogen-bond acceptors (Lipinski definition) is 5. The number of nitrogens with two attached hydrogens (primary N) is 1. The van der Waals surface area contributed by atoms with E-state index in [0.29, 0.717) is 17.2 Å². The highest BCUT2D eigenvalue weighted by atomic mass is 35.5. The molecular weight excluding hydrogens is 304 g/mol. The van der Waals surface area contributed by atoms with Gasteiger partial charge in [0, 0.05) is 20.8 Å². The summed E-state index contributed by atoms with van der Waals surface area (Å²) in [6.07, 6.45) is -0.361. The molecule has 0 bridgehead atoms. The van der Waals surface area contributed by atoms with Crippen molar-refractivity contribution in [2.75, 3.05) is 33.1 Å². The summed E-state index contributed by atoms with van der Waals surface area (Å²) in [5, 5.41) is 0.359. The number of halogens is 1. The van der Waals surface area contributed by atoms with E-state index in [1.807, 2.05) is 0 Å². The minimum atomic E-state index is -3.67. The Labute approximate surface area is 124 Å². The highest BCUT2D eigenvalue weighted by Gasteiger charge is 2.18. The number of aryl methyl sites for hydroxylation is 1. The smallest absolute Gasteiger partial charge is 0.240 e. The van der Waals surface area contributed by atoms with Crippen LogP contribution in [0.25, 0.3) is 0 Å². The van der Waals surface area contributed by atoms with Crippen molar-refractivity contribution in [2.45, 2.75) is 17.9 Å². The fraction of sp³-hybridized carbons (Fsp3) is 0.500. The van der Waals surface area contributed by atoms with Crippen LogP contribution in [0.3, 0.4) is 0 Å². The van der Waals surface area contributed by atoms with Crippen LogP contribution in [0.1, 0.15) is 5.56 Å². The van der Waals surface area contributed by atoms with Crippen molar-refractivity contribution in [3.63, 3.8) is 0 Å². The molecule has 0 spiro atoms. The molecule has 0 aliphatic heterocycles. The molecule has 0 aliphatic rings. The SMILES string of the molecule is COCC(CNS(=O)(=O)c1cc(C)c(Cl)c(N)c1)OC. The second kappa shape index (κ2) is 7.24. The number of rotatable bonds is 7. The summed E-state index contributed by atoms with van der Waals surface area (Å²) in [6, 6.07) is 2.80. The standard InChI is InChI=1S/C12H19ClN2O4S/c1-8-4-10(5-11(14)12(8)13)20(16,17)15-6-9(19-3)7-18-2/h4-5,9,15H,6-7,14H2,1-3H3. The maximum absolute atomic E-state index is 12.2. The molecule has 1 atom stereocenters. The molecule has 0 saturated carbocycles. The van der Waals surface area contributed by atoms with Crippen molar-refractivity contribution in [1.82, 2.24) is 4.72 Å². The first kappa shape index (κ1) is 17.2. The maximum atomic E-state index is 12.2. The molecule has 3 N–H and O–H groups in total. The van der Waals surface area contributed by atoms with Gasteiger partial charge >= 0.3 is 0 Å². The largest absolute Gasteiger partial charge is 0.397 e. The summed E-state index contributed by atoms with van der Waals surface area (Å²) in [4.78, 5) is 0.0733. The van der Waals surface area contributed by atoms with Crippen LogP contribution in [0, 0.1) is 6.92 Å². The quantitative estimate of drug-likeness (QED) is 0.735. The number of benzene rings is 1. The average Bonchev–Trinajstić information content (AvgIpc) is 2.40. The normalized spacial score (nSPS) is 13.4. The molecule has 0 amide bonds. The summed E-state index contributed by atoms with van der Waals surface area (Å²) < 4.78 is 36.8. The van der Waals surface area contributed by atoms with Gasteiger partial charge in [-0.3, -0.25) is 0 Å². The molecule has 1 unspecified atom stereocenters. The topological polar surface area (TPSA) is 90.7 Å². The second-order valence-corrected chi connectivity index (χ2v) is 6.45. The Morgan fingerprint density at radius 2 is 2.05 bits per heavy atom. The van der Waals surface area contributed by atoms with Crippen LogP contribution >= 0.6 is 11.6 Å². The zero-order valence-corrected chi connectivity index (χ0v) is 13.2. The van der Waals surface area contributed by atoms with Crippen LogP contribution in [0.2, 0.25) is 5.02 Å². The van der Waals surface area contributed by atoms with Gasteiger partial charge in [-0.25, -0.2) is 13.1 Å². The van der Waals surface area contributed by atoms with Gasteiger partial charge in [-0.1, -0.05) is 11.6 Å². The summed E-state index contributed by atoms with van der Waals surface area (Å²) in [7, 11) is -0.664. The predicted octanol–water partition coefficient (Wildman–Crippen LogP) is 1.17. The van der Waals surface area contributed by atoms with E-state index in [1.165, 1.54) is 26.4 Å². The molecule has 0 fully saturated rings. The van der Waals surface area contributed by atoms with E-state index >= 15 is 0 Å². The van der Waals surface area contributed by atoms with E-state index in [1.54, 1.807) is 6.92 Å². The van der Waals surface area contributed by atoms with Gasteiger partial charge in [0.05, 0.1) is 28.3 Å². The minimum Gasteiger partial charge on any atom is -0.397 e. The van der Waals surface area contributed by atoms with Crippen LogP contribution in [-0.4, -0.2) is 41.9 Å². The van der Waals surface area contributed by atoms with Crippen LogP contribution in [-0.2, 0) is 19.5 Å². The van der Waals surface area contributed by atoms with E-state index in [2.05, 4.69) is 4.72 Å². The fourth-order valence-electron chi connectivity index (χ4n) is 1.60. The summed E-state index contributed by atoms with van der Waals surface area (Å²) in [5.41, 5.74) is 6.51. The van der Waals surface area contributed by atoms with Gasteiger partial charge in [0.1, 0.15) is 0 Å². The van der Waals surface area contributed by atoms with Gasteiger partial charge in [-0.2, -0.15) is 0 Å². The molecule has 1 aromatic rings. The molecule has 20 heavy (non-hydrogen) atoms. The van der Waals surface area contributed by atoms with Crippen LogP contribution in [0.15, 0.2) is 17.0 Å². The van der Waals surface area contributed by atoms with Crippen molar-refractivity contribution in [1.29, 1.82) is 0 Å². The van der Waals surface area contributed by atoms with Crippen molar-refractivity contribution in [2.24, 2.45) is 0 Å². The Kier molecular flexibility index (Phi) is 6.22. The van der Waals surface area contributed by atoms with Crippen molar-refractivity contribution >= 4 is 27.3 Å². The molecule has 0 heterocycles. The van der Waals surface area contributed by atoms with Gasteiger partial charge in [0.15, 0.2) is 0 Å². The molecule has 0 aromatic heterocycles. The van der Waals surface area contributed by atoms with Crippen LogP contribution < -0.4 is 10.5 Å². The van der Waals surface area contributed by atoms with E-state index in [0.717, 1.165) is 0 Å². The third-order valence-corrected chi connectivity index (χ3v) is 4.67. The minimum absolute atomic E-state index is 0.0733. The summed E-state index contributed by atoms with van der Waals surface area (Å²) in [6.45, 7) is 2.09. The molecule has 1 aromatic carbocycles. The monoisotopic (exact) mass is 322 g/mol. The zero-order chi connectivity index (χ0) is 15.3. The molecule has 0 saturated heterocycles. The number of hydrogen-bond donors (Lipinski definition) is 2. The molecule has 8 heteroatoms. The second-order valence-electron chi connectivity index (χ2n) is 4.31. The Morgan fingerprint density at radius 1 is 1.40 bits per heavy atom. The number of nitrogen functional groups attached to an aromatic ring is 1. The molecule has 1 rings (SSSR count). The van der Waals surface area contributed by atoms with Gasteiger partial charge in [-0.05, 0) is 24.6 Å². The molecule has 0 aliphatic carbocycles. The lowest BCUT2D eigenvalue weighted by atomic mass is 10.2. The van der Waals surface area contributed by atoms with Gasteiger partial charge in [0.2, 0.25) is 10.0 Å². The van der Waals surface area contributed by atoms with Gasteiger partial charge in [0.25, 0.3) is 0 Å². The number of sulfonamides is 1. The number of nitrogens with one attached hydrogen (secondary N) is 1.